The summed E-state index contributed by atoms with van der Waals surface area (Å²) >= 11 is 0. The quantitative estimate of drug-likeness (QED) is 0.548. The first-order valence-corrected chi connectivity index (χ1v) is 7.99. The van der Waals surface area contributed by atoms with Gasteiger partial charge in [-0.25, -0.2) is 4.79 Å². The van der Waals surface area contributed by atoms with E-state index in [-0.39, 0.29) is 0 Å². The van der Waals surface area contributed by atoms with E-state index < -0.39 is 5.97 Å². The Kier molecular flexibility index (Phi) is 4.70. The number of nitrogens with one attached hydrogen (secondary N) is 1. The van der Waals surface area contributed by atoms with Crippen LogP contribution in [0.1, 0.15) is 10.4 Å². The van der Waals surface area contributed by atoms with Gasteiger partial charge in [-0.3, -0.25) is 0 Å². The van der Waals surface area contributed by atoms with Gasteiger partial charge in [-0.1, -0.05) is 54.6 Å². The maximum atomic E-state index is 12.1. The summed E-state index contributed by atoms with van der Waals surface area (Å²) in [6.45, 7) is 0. The first-order chi connectivity index (χ1) is 12.1. The van der Waals surface area contributed by atoms with Crippen molar-refractivity contribution in [3.05, 3.63) is 72.3 Å². The summed E-state index contributed by atoms with van der Waals surface area (Å²) in [6, 6.07) is 22.0. The zero-order valence-electron chi connectivity index (χ0n) is 14.2. The molecule has 0 aliphatic carbocycles. The third-order valence-electron chi connectivity index (χ3n) is 4.15. The lowest BCUT2D eigenvalue weighted by atomic mass is 9.97. The monoisotopic (exact) mass is 332 g/mol. The van der Waals surface area contributed by atoms with Crippen molar-refractivity contribution in [2.45, 2.75) is 0 Å². The van der Waals surface area contributed by atoms with E-state index in [0.29, 0.717) is 16.9 Å². The molecule has 3 rings (SSSR count). The van der Waals surface area contributed by atoms with Crippen LogP contribution in [0.4, 0.5) is 11.4 Å². The molecule has 3 aromatic carbocycles. The molecule has 0 aromatic heterocycles. The zero-order valence-corrected chi connectivity index (χ0v) is 14.2. The van der Waals surface area contributed by atoms with E-state index >= 15 is 0 Å². The van der Waals surface area contributed by atoms with Crippen molar-refractivity contribution in [2.75, 3.05) is 25.2 Å². The number of anilines is 2. The van der Waals surface area contributed by atoms with Crippen LogP contribution in [0.5, 0.6) is 0 Å². The first kappa shape index (κ1) is 16.6. The molecule has 0 aliphatic rings. The van der Waals surface area contributed by atoms with Crippen LogP contribution in [0.25, 0.3) is 22.3 Å². The topological polar surface area (TPSA) is 64.3 Å². The lowest BCUT2D eigenvalue weighted by Crippen LogP contribution is -2.08. The molecule has 0 spiro atoms. The van der Waals surface area contributed by atoms with Crippen LogP contribution in [-0.4, -0.2) is 20.1 Å². The molecule has 126 valence electrons. The van der Waals surface area contributed by atoms with E-state index in [9.17, 15) is 4.79 Å². The summed E-state index contributed by atoms with van der Waals surface area (Å²) in [6.07, 6.45) is 0. The molecule has 0 radical (unpaired) electrons. The van der Waals surface area contributed by atoms with Crippen LogP contribution in [0.15, 0.2) is 66.7 Å². The van der Waals surface area contributed by atoms with E-state index in [0.717, 1.165) is 22.3 Å². The normalized spacial score (nSPS) is 10.3. The number of methoxy groups -OCH3 is 1. The number of esters is 1. The van der Waals surface area contributed by atoms with E-state index in [1.165, 1.54) is 7.11 Å². The average Bonchev–Trinajstić information content (AvgIpc) is 2.67. The molecule has 0 amide bonds. The van der Waals surface area contributed by atoms with Crippen LogP contribution in [-0.2, 0) is 4.74 Å². The Morgan fingerprint density at radius 3 is 2.00 bits per heavy atom. The molecule has 4 heteroatoms. The summed E-state index contributed by atoms with van der Waals surface area (Å²) in [4.78, 5) is 12.1. The molecule has 0 aliphatic heterocycles. The van der Waals surface area contributed by atoms with Gasteiger partial charge in [0, 0.05) is 7.05 Å². The number of ether oxygens (including phenoxy) is 1. The van der Waals surface area contributed by atoms with Gasteiger partial charge in [0.05, 0.1) is 24.0 Å². The highest BCUT2D eigenvalue weighted by atomic mass is 16.5. The molecule has 0 unspecified atom stereocenters. The minimum Gasteiger partial charge on any atom is -0.465 e. The summed E-state index contributed by atoms with van der Waals surface area (Å²) in [5.74, 6) is -0.418. The van der Waals surface area contributed by atoms with Crippen LogP contribution in [0.3, 0.4) is 0 Å². The number of rotatable bonds is 4. The van der Waals surface area contributed by atoms with Gasteiger partial charge in [0.25, 0.3) is 0 Å². The Labute approximate surface area is 147 Å². The highest BCUT2D eigenvalue weighted by molar-refractivity contribution is 6.00. The van der Waals surface area contributed by atoms with Gasteiger partial charge < -0.3 is 15.8 Å². The van der Waals surface area contributed by atoms with Gasteiger partial charge in [-0.2, -0.15) is 0 Å². The molecule has 25 heavy (non-hydrogen) atoms. The molecule has 3 N–H and O–H groups in total. The second-order valence-electron chi connectivity index (χ2n) is 5.67. The van der Waals surface area contributed by atoms with Crippen LogP contribution < -0.4 is 11.1 Å². The first-order valence-electron chi connectivity index (χ1n) is 7.99. The maximum Gasteiger partial charge on any atom is 0.340 e. The zero-order chi connectivity index (χ0) is 17.8. The molecule has 0 atom stereocenters. The Bertz CT molecular complexity index is 888. The van der Waals surface area contributed by atoms with Crippen LogP contribution in [0.2, 0.25) is 0 Å². The van der Waals surface area contributed by atoms with Crippen molar-refractivity contribution in [2.24, 2.45) is 0 Å². The van der Waals surface area contributed by atoms with Gasteiger partial charge in [-0.05, 0) is 34.4 Å². The molecular formula is C21H20N2O2. The minimum absolute atomic E-state index is 0.418. The molecule has 4 nitrogen and oxygen atoms in total. The van der Waals surface area contributed by atoms with Crippen molar-refractivity contribution >= 4 is 17.3 Å². The van der Waals surface area contributed by atoms with E-state index in [4.69, 9.17) is 10.5 Å². The minimum atomic E-state index is -0.418. The fourth-order valence-electron chi connectivity index (χ4n) is 2.87. The molecule has 0 bridgehead atoms. The fourth-order valence-corrected chi connectivity index (χ4v) is 2.87. The largest absolute Gasteiger partial charge is 0.465 e. The Morgan fingerprint density at radius 2 is 1.44 bits per heavy atom. The van der Waals surface area contributed by atoms with Gasteiger partial charge in [-0.15, -0.1) is 0 Å². The Hall–Kier alpha value is -3.27. The van der Waals surface area contributed by atoms with Gasteiger partial charge in [0.2, 0.25) is 0 Å². The molecule has 0 saturated heterocycles. The predicted molar refractivity (Wildman–Crippen MR) is 103 cm³/mol. The Balaban J connectivity index is 2.02. The van der Waals surface area contributed by atoms with E-state index in [1.807, 2.05) is 36.4 Å². The number of carbonyl (C=O) groups is 1. The SMILES string of the molecule is CNc1c(N)cc(-c2ccc(-c3ccccc3)cc2)cc1C(=O)OC. The van der Waals surface area contributed by atoms with Gasteiger partial charge in [0.1, 0.15) is 0 Å². The van der Waals surface area contributed by atoms with Crippen molar-refractivity contribution in [1.29, 1.82) is 0 Å². The van der Waals surface area contributed by atoms with Crippen LogP contribution >= 0.6 is 0 Å². The summed E-state index contributed by atoms with van der Waals surface area (Å²) in [7, 11) is 3.09. The van der Waals surface area contributed by atoms with Crippen molar-refractivity contribution in [3.8, 4) is 22.3 Å². The number of hydrogen-bond acceptors (Lipinski definition) is 4. The van der Waals surface area contributed by atoms with E-state index in [1.54, 1.807) is 13.1 Å². The number of nitrogen functional groups attached to an aromatic ring is 1. The highest BCUT2D eigenvalue weighted by Crippen LogP contribution is 2.32. The van der Waals surface area contributed by atoms with Crippen molar-refractivity contribution < 1.29 is 9.53 Å². The molecule has 0 fully saturated rings. The van der Waals surface area contributed by atoms with Gasteiger partial charge >= 0.3 is 5.97 Å². The number of carbonyl (C=O) groups excluding carboxylic acids is 1. The molecule has 0 saturated carbocycles. The number of nitrogens with two attached hydrogens (primary N) is 1. The third kappa shape index (κ3) is 3.33. The summed E-state index contributed by atoms with van der Waals surface area (Å²) < 4.78 is 4.87. The van der Waals surface area contributed by atoms with E-state index in [2.05, 4.69) is 29.6 Å². The van der Waals surface area contributed by atoms with Crippen molar-refractivity contribution in [1.82, 2.24) is 0 Å². The average molecular weight is 332 g/mol. The fraction of sp³-hybridized carbons (Fsp3) is 0.0952. The molecular weight excluding hydrogens is 312 g/mol. The van der Waals surface area contributed by atoms with Crippen LogP contribution in [0, 0.1) is 0 Å². The third-order valence-corrected chi connectivity index (χ3v) is 4.15. The van der Waals surface area contributed by atoms with Crippen molar-refractivity contribution in [3.63, 3.8) is 0 Å². The second kappa shape index (κ2) is 7.09. The Morgan fingerprint density at radius 1 is 0.880 bits per heavy atom. The smallest absolute Gasteiger partial charge is 0.340 e. The number of benzene rings is 3. The summed E-state index contributed by atoms with van der Waals surface area (Å²) in [5.41, 5.74) is 11.8. The summed E-state index contributed by atoms with van der Waals surface area (Å²) in [5, 5.41) is 2.96. The lowest BCUT2D eigenvalue weighted by Gasteiger charge is -2.13. The van der Waals surface area contributed by atoms with Gasteiger partial charge in [0.15, 0.2) is 0 Å². The second-order valence-corrected chi connectivity index (χ2v) is 5.67. The predicted octanol–water partition coefficient (Wildman–Crippen LogP) is 4.43. The maximum absolute atomic E-state index is 12.1. The molecule has 0 heterocycles. The lowest BCUT2D eigenvalue weighted by molar-refractivity contribution is 0.0602. The molecule has 3 aromatic rings. The highest BCUT2D eigenvalue weighted by Gasteiger charge is 2.16. The standard InChI is InChI=1S/C21H20N2O2/c1-23-20-18(21(24)25-2)12-17(13-19(20)22)16-10-8-15(9-11-16)14-6-4-3-5-7-14/h3-13,23H,22H2,1-2H3. The number of hydrogen-bond donors (Lipinski definition) is 2.